The normalized spacial score (nSPS) is 26.2. The van der Waals surface area contributed by atoms with Gasteiger partial charge in [-0.1, -0.05) is 42.3 Å². The topological polar surface area (TPSA) is 82.0 Å². The fourth-order valence-electron chi connectivity index (χ4n) is 3.49. The number of halogens is 1. The molecule has 1 saturated heterocycles. The van der Waals surface area contributed by atoms with Crippen LogP contribution in [0.25, 0.3) is 0 Å². The Bertz CT molecular complexity index is 809. The van der Waals surface area contributed by atoms with Gasteiger partial charge in [-0.25, -0.2) is 13.1 Å². The molecule has 1 saturated carbocycles. The van der Waals surface area contributed by atoms with Crippen LogP contribution in [0.1, 0.15) is 31.2 Å². The fraction of sp³-hybridized carbons (Fsp3) is 0.588. The number of aliphatic hydroxyl groups is 1. The number of amidine groups is 1. The second-order valence-corrected chi connectivity index (χ2v) is 9.90. The predicted molar refractivity (Wildman–Crippen MR) is 106 cm³/mol. The number of rotatable bonds is 5. The van der Waals surface area contributed by atoms with Crippen molar-refractivity contribution in [2.24, 2.45) is 10.9 Å². The van der Waals surface area contributed by atoms with Crippen molar-refractivity contribution in [1.82, 2.24) is 9.62 Å². The van der Waals surface area contributed by atoms with Crippen molar-refractivity contribution in [1.29, 1.82) is 0 Å². The molecule has 0 spiro atoms. The zero-order valence-electron chi connectivity index (χ0n) is 14.9. The van der Waals surface area contributed by atoms with Crippen molar-refractivity contribution in [3.63, 3.8) is 0 Å². The van der Waals surface area contributed by atoms with Crippen LogP contribution in [0.4, 0.5) is 0 Å². The molecule has 1 unspecified atom stereocenters. The van der Waals surface area contributed by atoms with Crippen LogP contribution in [0.3, 0.4) is 0 Å². The van der Waals surface area contributed by atoms with Crippen LogP contribution in [-0.2, 0) is 15.7 Å². The lowest BCUT2D eigenvalue weighted by Crippen LogP contribution is -2.42. The monoisotopic (exact) mass is 417 g/mol. The van der Waals surface area contributed by atoms with E-state index in [4.69, 9.17) is 11.6 Å². The SMILES string of the molecule is CN=C1SCC(O)(c2ccc(Cl)c(S(=O)(=O)NCC3CCCC3)c2)N1C. The molecule has 1 atom stereocenters. The molecule has 0 radical (unpaired) electrons. The van der Waals surface area contributed by atoms with E-state index in [9.17, 15) is 13.5 Å². The predicted octanol–water partition coefficient (Wildman–Crippen LogP) is 2.62. The number of nitrogens with zero attached hydrogens (tertiary/aromatic N) is 2. The summed E-state index contributed by atoms with van der Waals surface area (Å²) in [6.07, 6.45) is 4.41. The van der Waals surface area contributed by atoms with Gasteiger partial charge in [0.15, 0.2) is 10.9 Å². The average molecular weight is 418 g/mol. The minimum atomic E-state index is -3.74. The molecule has 1 aromatic carbocycles. The first-order chi connectivity index (χ1) is 12.3. The molecule has 0 bridgehead atoms. The molecular weight excluding hydrogens is 394 g/mol. The van der Waals surface area contributed by atoms with Crippen molar-refractivity contribution in [3.8, 4) is 0 Å². The van der Waals surface area contributed by atoms with Crippen LogP contribution in [0.2, 0.25) is 5.02 Å². The van der Waals surface area contributed by atoms with Crippen molar-refractivity contribution in [2.45, 2.75) is 36.3 Å². The summed E-state index contributed by atoms with van der Waals surface area (Å²) < 4.78 is 28.2. The lowest BCUT2D eigenvalue weighted by molar-refractivity contribution is -0.0349. The molecule has 1 heterocycles. The first-order valence-electron chi connectivity index (χ1n) is 8.63. The van der Waals surface area contributed by atoms with Gasteiger partial charge in [-0.05, 0) is 30.9 Å². The Kier molecular flexibility index (Phi) is 5.89. The number of hydrogen-bond donors (Lipinski definition) is 2. The van der Waals surface area contributed by atoms with Crippen LogP contribution in [0, 0.1) is 5.92 Å². The molecule has 6 nitrogen and oxygen atoms in total. The molecule has 1 aliphatic heterocycles. The summed E-state index contributed by atoms with van der Waals surface area (Å²) in [6.45, 7) is 0.426. The largest absolute Gasteiger partial charge is 0.366 e. The summed E-state index contributed by atoms with van der Waals surface area (Å²) in [7, 11) is -0.341. The summed E-state index contributed by atoms with van der Waals surface area (Å²) in [5.74, 6) is 0.754. The molecule has 2 N–H and O–H groups in total. The quantitative estimate of drug-likeness (QED) is 0.769. The van der Waals surface area contributed by atoms with Crippen molar-refractivity contribution >= 4 is 38.6 Å². The highest BCUT2D eigenvalue weighted by Gasteiger charge is 2.43. The fourth-order valence-corrected chi connectivity index (χ4v) is 6.29. The van der Waals surface area contributed by atoms with Gasteiger partial charge in [0.25, 0.3) is 0 Å². The number of benzene rings is 1. The lowest BCUT2D eigenvalue weighted by Gasteiger charge is -2.31. The standard InChI is InChI=1S/C17H24ClN3O3S2/c1-19-16-21(2)17(22,11-25-16)13-7-8-14(18)15(9-13)26(23,24)20-10-12-5-3-4-6-12/h7-9,12,20,22H,3-6,10-11H2,1-2H3. The third-order valence-electron chi connectivity index (χ3n) is 5.16. The molecule has 0 aromatic heterocycles. The van der Waals surface area contributed by atoms with E-state index in [-0.39, 0.29) is 9.92 Å². The second kappa shape index (κ2) is 7.67. The van der Waals surface area contributed by atoms with E-state index >= 15 is 0 Å². The van der Waals surface area contributed by atoms with Gasteiger partial charge in [-0.15, -0.1) is 0 Å². The summed E-state index contributed by atoms with van der Waals surface area (Å²) in [6, 6.07) is 4.65. The second-order valence-electron chi connectivity index (χ2n) is 6.82. The van der Waals surface area contributed by atoms with E-state index in [1.54, 1.807) is 25.1 Å². The van der Waals surface area contributed by atoms with Gasteiger partial charge in [0.2, 0.25) is 10.0 Å². The van der Waals surface area contributed by atoms with Crippen molar-refractivity contribution in [3.05, 3.63) is 28.8 Å². The number of thioether (sulfide) groups is 1. The number of nitrogens with one attached hydrogen (secondary N) is 1. The van der Waals surface area contributed by atoms with Crippen molar-refractivity contribution in [2.75, 3.05) is 26.4 Å². The van der Waals surface area contributed by atoms with Crippen LogP contribution < -0.4 is 4.72 Å². The zero-order valence-corrected chi connectivity index (χ0v) is 17.3. The van der Waals surface area contributed by atoms with Gasteiger partial charge in [0.05, 0.1) is 10.8 Å². The van der Waals surface area contributed by atoms with Gasteiger partial charge in [0.1, 0.15) is 4.90 Å². The Morgan fingerprint density at radius 1 is 1.42 bits per heavy atom. The van der Waals surface area contributed by atoms with Gasteiger partial charge in [0, 0.05) is 26.2 Å². The smallest absolute Gasteiger partial charge is 0.242 e. The van der Waals surface area contributed by atoms with Gasteiger partial charge < -0.3 is 10.0 Å². The Hall–Kier alpha value is -0.800. The summed E-state index contributed by atoms with van der Waals surface area (Å²) in [5, 5.41) is 11.9. The molecule has 1 aliphatic carbocycles. The molecule has 2 fully saturated rings. The molecule has 0 amide bonds. The van der Waals surface area contributed by atoms with E-state index in [0.29, 0.717) is 28.9 Å². The Morgan fingerprint density at radius 3 is 2.73 bits per heavy atom. The lowest BCUT2D eigenvalue weighted by atomic mass is 10.0. The first-order valence-corrected chi connectivity index (χ1v) is 11.5. The number of hydrogen-bond acceptors (Lipinski definition) is 5. The van der Waals surface area contributed by atoms with E-state index in [0.717, 1.165) is 25.7 Å². The van der Waals surface area contributed by atoms with Gasteiger partial charge in [-0.3, -0.25) is 4.99 Å². The average Bonchev–Trinajstić information content (AvgIpc) is 3.23. The highest BCUT2D eigenvalue weighted by molar-refractivity contribution is 8.14. The molecule has 26 heavy (non-hydrogen) atoms. The van der Waals surface area contributed by atoms with Crippen molar-refractivity contribution < 1.29 is 13.5 Å². The molecule has 144 valence electrons. The third kappa shape index (κ3) is 3.75. The van der Waals surface area contributed by atoms with Crippen LogP contribution in [-0.4, -0.2) is 50.0 Å². The molecule has 2 aliphatic rings. The van der Waals surface area contributed by atoms with Crippen LogP contribution >= 0.6 is 23.4 Å². The minimum absolute atomic E-state index is 0.00313. The molecular formula is C17H24ClN3O3S2. The first kappa shape index (κ1) is 19.9. The maximum absolute atomic E-state index is 12.8. The zero-order chi connectivity index (χ0) is 18.9. The molecule has 1 aromatic rings. The minimum Gasteiger partial charge on any atom is -0.366 e. The van der Waals surface area contributed by atoms with E-state index in [1.165, 1.54) is 23.9 Å². The maximum Gasteiger partial charge on any atom is 0.242 e. The van der Waals surface area contributed by atoms with E-state index in [2.05, 4.69) is 9.71 Å². The van der Waals surface area contributed by atoms with Gasteiger partial charge >= 0.3 is 0 Å². The number of aliphatic imine (C=N–C) groups is 1. The Labute approximate surface area is 164 Å². The molecule has 9 heteroatoms. The highest BCUT2D eigenvalue weighted by Crippen LogP contribution is 2.39. The van der Waals surface area contributed by atoms with Crippen LogP contribution in [0.15, 0.2) is 28.1 Å². The highest BCUT2D eigenvalue weighted by atomic mass is 35.5. The summed E-state index contributed by atoms with van der Waals surface area (Å²) in [4.78, 5) is 5.80. The third-order valence-corrected chi connectivity index (χ3v) is 8.32. The van der Waals surface area contributed by atoms with E-state index < -0.39 is 15.7 Å². The number of sulfonamides is 1. The summed E-state index contributed by atoms with van der Waals surface area (Å²) in [5.41, 5.74) is -0.836. The Balaban J connectivity index is 1.88. The van der Waals surface area contributed by atoms with E-state index in [1.807, 2.05) is 0 Å². The molecule has 3 rings (SSSR count). The maximum atomic E-state index is 12.8. The van der Waals surface area contributed by atoms with Gasteiger partial charge in [-0.2, -0.15) is 0 Å². The Morgan fingerprint density at radius 2 is 2.12 bits per heavy atom. The van der Waals surface area contributed by atoms with Crippen LogP contribution in [0.5, 0.6) is 0 Å². The summed E-state index contributed by atoms with van der Waals surface area (Å²) >= 11 is 7.60.